The third-order valence-electron chi connectivity index (χ3n) is 4.40. The fourth-order valence-electron chi connectivity index (χ4n) is 2.41. The van der Waals surface area contributed by atoms with E-state index in [0.717, 1.165) is 25.1 Å². The summed E-state index contributed by atoms with van der Waals surface area (Å²) in [7, 11) is 0. The number of alkyl halides is 3. The van der Waals surface area contributed by atoms with Gasteiger partial charge in [0.1, 0.15) is 17.4 Å². The minimum atomic E-state index is -3.96. The number of halogens is 6. The summed E-state index contributed by atoms with van der Waals surface area (Å²) in [6.45, 7) is 4.57. The average molecular weight is 488 g/mol. The van der Waals surface area contributed by atoms with Gasteiger partial charge < -0.3 is 10.4 Å². The van der Waals surface area contributed by atoms with Crippen LogP contribution in [-0.4, -0.2) is 27.2 Å². The molecule has 1 heterocycles. The Morgan fingerprint density at radius 2 is 1.76 bits per heavy atom. The van der Waals surface area contributed by atoms with Crippen molar-refractivity contribution in [3.05, 3.63) is 70.1 Å². The molecule has 33 heavy (non-hydrogen) atoms. The first-order valence-electron chi connectivity index (χ1n) is 9.49. The third-order valence-corrected chi connectivity index (χ3v) is 4.72. The third kappa shape index (κ3) is 6.85. The largest absolute Gasteiger partial charge is 0.507 e. The first kappa shape index (κ1) is 26.0. The van der Waals surface area contributed by atoms with E-state index in [4.69, 9.17) is 11.6 Å². The van der Waals surface area contributed by atoms with Gasteiger partial charge >= 0.3 is 6.18 Å². The lowest BCUT2D eigenvalue weighted by Gasteiger charge is -2.11. The van der Waals surface area contributed by atoms with Gasteiger partial charge in [-0.25, -0.2) is 13.8 Å². The molecule has 1 aromatic heterocycles. The van der Waals surface area contributed by atoms with Crippen LogP contribution in [0.5, 0.6) is 5.75 Å². The van der Waals surface area contributed by atoms with Crippen molar-refractivity contribution < 1.29 is 31.9 Å². The van der Waals surface area contributed by atoms with Crippen molar-refractivity contribution in [1.82, 2.24) is 9.97 Å². The zero-order chi connectivity index (χ0) is 24.9. The van der Waals surface area contributed by atoms with Gasteiger partial charge in [-0.15, -0.1) is 0 Å². The summed E-state index contributed by atoms with van der Waals surface area (Å²) < 4.78 is 60.7. The highest BCUT2D eigenvalue weighted by Crippen LogP contribution is 2.31. The number of aromatic nitrogens is 2. The molecule has 3 aromatic rings. The van der Waals surface area contributed by atoms with Crippen LogP contribution < -0.4 is 5.32 Å². The predicted molar refractivity (Wildman–Crippen MR) is 114 cm³/mol. The van der Waals surface area contributed by atoms with Crippen molar-refractivity contribution in [3.63, 3.8) is 0 Å². The summed E-state index contributed by atoms with van der Waals surface area (Å²) in [5.74, 6) is -2.93. The van der Waals surface area contributed by atoms with Crippen molar-refractivity contribution >= 4 is 23.2 Å². The van der Waals surface area contributed by atoms with Crippen molar-refractivity contribution in [2.24, 2.45) is 0 Å². The van der Waals surface area contributed by atoms with Crippen LogP contribution in [0.15, 0.2) is 36.5 Å². The van der Waals surface area contributed by atoms with Crippen molar-refractivity contribution in [2.75, 3.05) is 5.32 Å². The second-order valence-corrected chi connectivity index (χ2v) is 7.20. The molecule has 3 rings (SSSR count). The Hall–Kier alpha value is -3.27. The molecule has 0 radical (unpaired) electrons. The summed E-state index contributed by atoms with van der Waals surface area (Å²) >= 11 is 5.86. The molecule has 2 aromatic carbocycles. The van der Waals surface area contributed by atoms with E-state index in [0.29, 0.717) is 11.4 Å². The minimum absolute atomic E-state index is 0.0106. The Morgan fingerprint density at radius 1 is 1.12 bits per heavy atom. The van der Waals surface area contributed by atoms with Crippen molar-refractivity contribution in [3.8, 4) is 17.0 Å². The van der Waals surface area contributed by atoms with Crippen molar-refractivity contribution in [1.29, 1.82) is 0 Å². The average Bonchev–Trinajstić information content (AvgIpc) is 2.74. The molecule has 0 aliphatic heterocycles. The zero-order valence-corrected chi connectivity index (χ0v) is 18.4. The molecule has 11 heteroatoms. The zero-order valence-electron chi connectivity index (χ0n) is 17.7. The number of hydrogen-bond donors (Lipinski definition) is 2. The number of anilines is 1. The summed E-state index contributed by atoms with van der Waals surface area (Å²) in [5, 5.41) is 12.4. The second kappa shape index (κ2) is 10.6. The summed E-state index contributed by atoms with van der Waals surface area (Å²) in [4.78, 5) is 20.7. The number of para-hydroxylation sites is 1. The summed E-state index contributed by atoms with van der Waals surface area (Å²) in [6.07, 6.45) is -3.31. The highest BCUT2D eigenvalue weighted by atomic mass is 35.5. The maximum atomic E-state index is 14.5. The fraction of sp³-hybridized carbons (Fsp3) is 0.227. The molecular formula is C22H19ClF5N3O2. The standard InChI is InChI=1S/C19H14ClF2N3O2.C3H5F3/c1-9-10(2)24-16(8-23-9)11-7-17(26)12(6-15(11)22)19(27)25-18-13(20)4-3-5-14(18)21;1-2-3(4,5)6/h3-8,26H,1-2H3,(H,25,27);2H2,1H3. The van der Waals surface area contributed by atoms with Crippen LogP contribution in [-0.2, 0) is 0 Å². The van der Waals surface area contributed by atoms with E-state index < -0.39 is 35.9 Å². The smallest absolute Gasteiger partial charge is 0.388 e. The van der Waals surface area contributed by atoms with Crippen LogP contribution in [0.25, 0.3) is 11.3 Å². The van der Waals surface area contributed by atoms with E-state index in [1.54, 1.807) is 13.8 Å². The number of hydrogen-bond acceptors (Lipinski definition) is 4. The van der Waals surface area contributed by atoms with Gasteiger partial charge in [-0.3, -0.25) is 9.78 Å². The Labute approximate surface area is 191 Å². The Kier molecular flexibility index (Phi) is 8.32. The van der Waals surface area contributed by atoms with Gasteiger partial charge in [0.2, 0.25) is 0 Å². The molecule has 0 aliphatic rings. The summed E-state index contributed by atoms with van der Waals surface area (Å²) in [6, 6.07) is 5.81. The van der Waals surface area contributed by atoms with Crippen molar-refractivity contribution in [2.45, 2.75) is 33.4 Å². The number of nitrogens with one attached hydrogen (secondary N) is 1. The van der Waals surface area contributed by atoms with Gasteiger partial charge in [-0.1, -0.05) is 24.6 Å². The van der Waals surface area contributed by atoms with Crippen LogP contribution in [0.2, 0.25) is 5.02 Å². The molecule has 2 N–H and O–H groups in total. The number of nitrogens with zero attached hydrogens (tertiary/aromatic N) is 2. The number of phenols is 1. The maximum absolute atomic E-state index is 14.5. The monoisotopic (exact) mass is 487 g/mol. The number of amides is 1. The summed E-state index contributed by atoms with van der Waals surface area (Å²) in [5.41, 5.74) is 0.891. The molecule has 176 valence electrons. The molecule has 0 atom stereocenters. The Bertz CT molecular complexity index is 1150. The van der Waals surface area contributed by atoms with Gasteiger partial charge in [0.25, 0.3) is 5.91 Å². The molecular weight excluding hydrogens is 469 g/mol. The lowest BCUT2D eigenvalue weighted by atomic mass is 10.1. The van der Waals surface area contributed by atoms with Crippen LogP contribution in [0.4, 0.5) is 27.6 Å². The van der Waals surface area contributed by atoms with Gasteiger partial charge in [0, 0.05) is 12.0 Å². The Balaban J connectivity index is 0.000000569. The first-order valence-corrected chi connectivity index (χ1v) is 9.87. The number of aryl methyl sites for hydroxylation is 2. The molecule has 0 fully saturated rings. The number of benzene rings is 2. The van der Waals surface area contributed by atoms with Crippen LogP contribution in [0.1, 0.15) is 35.1 Å². The first-order chi connectivity index (χ1) is 15.3. The molecule has 0 aliphatic carbocycles. The number of phenolic OH excluding ortho intramolecular Hbond substituents is 1. The number of rotatable bonds is 3. The lowest BCUT2D eigenvalue weighted by Crippen LogP contribution is -2.14. The molecule has 0 bridgehead atoms. The van der Waals surface area contributed by atoms with E-state index in [1.807, 2.05) is 0 Å². The van der Waals surface area contributed by atoms with Gasteiger partial charge in [-0.2, -0.15) is 13.2 Å². The van der Waals surface area contributed by atoms with Crippen LogP contribution in [0, 0.1) is 25.5 Å². The fourth-order valence-corrected chi connectivity index (χ4v) is 2.62. The SMILES string of the molecule is CCC(F)(F)F.Cc1ncc(-c2cc(O)c(C(=O)Nc3c(F)cccc3Cl)cc2F)nc1C. The number of carbonyl (C=O) groups is 1. The lowest BCUT2D eigenvalue weighted by molar-refractivity contribution is -0.130. The molecule has 0 unspecified atom stereocenters. The second-order valence-electron chi connectivity index (χ2n) is 6.79. The number of carbonyl (C=O) groups excluding carboxylic acids is 1. The van der Waals surface area contributed by atoms with Crippen LogP contribution >= 0.6 is 11.6 Å². The quantitative estimate of drug-likeness (QED) is 0.408. The predicted octanol–water partition coefficient (Wildman–Crippen LogP) is 6.61. The number of aromatic hydroxyl groups is 1. The van der Waals surface area contributed by atoms with Crippen LogP contribution in [0.3, 0.4) is 0 Å². The molecule has 5 nitrogen and oxygen atoms in total. The van der Waals surface area contributed by atoms with Gasteiger partial charge in [0.05, 0.1) is 39.6 Å². The Morgan fingerprint density at radius 3 is 2.30 bits per heavy atom. The normalized spacial score (nSPS) is 10.9. The van der Waals surface area contributed by atoms with Gasteiger partial charge in [0.15, 0.2) is 0 Å². The highest BCUT2D eigenvalue weighted by Gasteiger charge is 2.22. The van der Waals surface area contributed by atoms with E-state index in [2.05, 4.69) is 15.3 Å². The van der Waals surface area contributed by atoms with E-state index >= 15 is 0 Å². The van der Waals surface area contributed by atoms with E-state index in [-0.39, 0.29) is 27.5 Å². The topological polar surface area (TPSA) is 75.1 Å². The van der Waals surface area contributed by atoms with E-state index in [1.165, 1.54) is 18.3 Å². The molecule has 1 amide bonds. The maximum Gasteiger partial charge on any atom is 0.388 e. The minimum Gasteiger partial charge on any atom is -0.507 e. The molecule has 0 saturated heterocycles. The highest BCUT2D eigenvalue weighted by molar-refractivity contribution is 6.34. The van der Waals surface area contributed by atoms with E-state index in [9.17, 15) is 31.9 Å². The molecule has 0 saturated carbocycles. The molecule has 0 spiro atoms. The van der Waals surface area contributed by atoms with Gasteiger partial charge in [-0.05, 0) is 38.1 Å².